The van der Waals surface area contributed by atoms with E-state index >= 15 is 0 Å². The summed E-state index contributed by atoms with van der Waals surface area (Å²) < 4.78 is 0. The largest absolute Gasteiger partial charge is 0.248 e. The molecule has 0 N–H and O–H groups in total. The lowest BCUT2D eigenvalue weighted by Crippen LogP contribution is -2.29. The molecule has 0 aliphatic heterocycles. The van der Waals surface area contributed by atoms with Crippen LogP contribution in [0.3, 0.4) is 0 Å². The third-order valence-corrected chi connectivity index (χ3v) is 5.26. The third-order valence-electron chi connectivity index (χ3n) is 5.26. The maximum absolute atomic E-state index is 4.26. The zero-order valence-electron chi connectivity index (χ0n) is 11.3. The quantitative estimate of drug-likeness (QED) is 0.625. The molecule has 1 nitrogen and oxygen atoms in total. The lowest BCUT2D eigenvalue weighted by molar-refractivity contribution is 0.175. The molecule has 2 aliphatic rings. The van der Waals surface area contributed by atoms with E-state index < -0.39 is 0 Å². The fourth-order valence-electron chi connectivity index (χ4n) is 3.44. The van der Waals surface area contributed by atoms with Crippen molar-refractivity contribution >= 4 is 0 Å². The van der Waals surface area contributed by atoms with Gasteiger partial charge in [-0.25, -0.2) is 4.98 Å². The van der Waals surface area contributed by atoms with Crippen LogP contribution < -0.4 is 0 Å². The predicted octanol–water partition coefficient (Wildman–Crippen LogP) is 3.82. The molecular formula is C17H19N. The lowest BCUT2D eigenvalue weighted by atomic mass is 9.67. The molecule has 2 bridgehead atoms. The fraction of sp³-hybridized carbons (Fsp3) is 0.471. The van der Waals surface area contributed by atoms with Crippen molar-refractivity contribution in [2.24, 2.45) is 16.7 Å². The Kier molecular flexibility index (Phi) is 2.38. The van der Waals surface area contributed by atoms with Crippen molar-refractivity contribution < 1.29 is 0 Å². The van der Waals surface area contributed by atoms with Gasteiger partial charge in [-0.2, -0.15) is 0 Å². The van der Waals surface area contributed by atoms with E-state index in [0.717, 1.165) is 5.69 Å². The molecule has 0 radical (unpaired) electrons. The molecule has 0 spiro atoms. The molecule has 1 fully saturated rings. The van der Waals surface area contributed by atoms with E-state index in [-0.39, 0.29) is 5.41 Å². The number of allylic oxidation sites excluding steroid dienone is 2. The molecule has 1 saturated carbocycles. The van der Waals surface area contributed by atoms with Crippen LogP contribution in [-0.2, 0) is 0 Å². The van der Waals surface area contributed by atoms with E-state index in [4.69, 9.17) is 0 Å². The van der Waals surface area contributed by atoms with E-state index in [1.807, 2.05) is 18.2 Å². The highest BCUT2D eigenvalue weighted by Gasteiger charge is 2.56. The number of aromatic nitrogens is 1. The first-order chi connectivity index (χ1) is 8.54. The number of hydrogen-bond donors (Lipinski definition) is 0. The van der Waals surface area contributed by atoms with Crippen molar-refractivity contribution in [1.29, 1.82) is 0 Å². The third kappa shape index (κ3) is 1.45. The van der Waals surface area contributed by atoms with Gasteiger partial charge in [0.1, 0.15) is 5.69 Å². The number of fused-ring (bicyclic) bond motifs is 2. The van der Waals surface area contributed by atoms with Crippen molar-refractivity contribution in [3.63, 3.8) is 0 Å². The molecule has 1 heterocycles. The summed E-state index contributed by atoms with van der Waals surface area (Å²) in [6.07, 6.45) is 6.79. The summed E-state index contributed by atoms with van der Waals surface area (Å²) in [5.41, 5.74) is 2.82. The molecule has 0 aromatic carbocycles. The molecule has 1 heteroatoms. The first kappa shape index (κ1) is 11.5. The normalized spacial score (nSPS) is 31.7. The van der Waals surface area contributed by atoms with Crippen molar-refractivity contribution in [3.8, 4) is 11.8 Å². The van der Waals surface area contributed by atoms with Crippen molar-refractivity contribution in [2.45, 2.75) is 33.6 Å². The van der Waals surface area contributed by atoms with Crippen LogP contribution in [0, 0.1) is 28.6 Å². The summed E-state index contributed by atoms with van der Waals surface area (Å²) in [5, 5.41) is 0. The molecule has 92 valence electrons. The van der Waals surface area contributed by atoms with Gasteiger partial charge in [-0.3, -0.25) is 0 Å². The van der Waals surface area contributed by atoms with Crippen LogP contribution in [0.1, 0.15) is 39.3 Å². The fourth-order valence-corrected chi connectivity index (χ4v) is 3.44. The van der Waals surface area contributed by atoms with Crippen LogP contribution in [0.4, 0.5) is 0 Å². The van der Waals surface area contributed by atoms with Crippen LogP contribution in [0.5, 0.6) is 0 Å². The number of pyridine rings is 1. The Balaban J connectivity index is 1.93. The second-order valence-corrected chi connectivity index (χ2v) is 6.24. The lowest BCUT2D eigenvalue weighted by Gasteiger charge is -2.35. The van der Waals surface area contributed by atoms with Gasteiger partial charge in [-0.1, -0.05) is 38.8 Å². The predicted molar refractivity (Wildman–Crippen MR) is 73.8 cm³/mol. The molecule has 1 unspecified atom stereocenters. The Hall–Kier alpha value is -1.55. The molecule has 2 atom stereocenters. The maximum Gasteiger partial charge on any atom is 0.113 e. The van der Waals surface area contributed by atoms with E-state index in [9.17, 15) is 0 Å². The highest BCUT2D eigenvalue weighted by molar-refractivity contribution is 5.46. The van der Waals surface area contributed by atoms with Gasteiger partial charge < -0.3 is 0 Å². The molecular weight excluding hydrogens is 218 g/mol. The highest BCUT2D eigenvalue weighted by Crippen LogP contribution is 2.64. The average molecular weight is 237 g/mol. The zero-order valence-corrected chi connectivity index (χ0v) is 11.3. The Morgan fingerprint density at radius 1 is 1.22 bits per heavy atom. The SMILES string of the molecule is CC1(C)C2C=C(C#Cc3ccccn3)[C@@]1(C)CC2. The topological polar surface area (TPSA) is 12.9 Å². The van der Waals surface area contributed by atoms with Crippen LogP contribution in [0.25, 0.3) is 0 Å². The van der Waals surface area contributed by atoms with E-state index in [0.29, 0.717) is 11.3 Å². The van der Waals surface area contributed by atoms with Gasteiger partial charge >= 0.3 is 0 Å². The van der Waals surface area contributed by atoms with Gasteiger partial charge in [0.2, 0.25) is 0 Å². The molecule has 2 aliphatic carbocycles. The minimum atomic E-state index is 0.263. The summed E-state index contributed by atoms with van der Waals surface area (Å²) in [5.74, 6) is 7.28. The maximum atomic E-state index is 4.26. The van der Waals surface area contributed by atoms with Gasteiger partial charge in [0.25, 0.3) is 0 Å². The van der Waals surface area contributed by atoms with Gasteiger partial charge in [0.05, 0.1) is 0 Å². The van der Waals surface area contributed by atoms with Crippen molar-refractivity contribution in [1.82, 2.24) is 4.98 Å². The first-order valence-corrected chi connectivity index (χ1v) is 6.69. The van der Waals surface area contributed by atoms with Gasteiger partial charge in [-0.15, -0.1) is 0 Å². The van der Waals surface area contributed by atoms with E-state index in [2.05, 4.69) is 43.7 Å². The molecule has 0 saturated heterocycles. The molecule has 3 rings (SSSR count). The second kappa shape index (κ2) is 3.72. The van der Waals surface area contributed by atoms with Crippen molar-refractivity contribution in [3.05, 3.63) is 41.7 Å². The molecule has 1 aromatic heterocycles. The van der Waals surface area contributed by atoms with Gasteiger partial charge in [0.15, 0.2) is 0 Å². The zero-order chi connectivity index (χ0) is 12.8. The summed E-state index contributed by atoms with van der Waals surface area (Å²) >= 11 is 0. The van der Waals surface area contributed by atoms with Crippen LogP contribution in [0.2, 0.25) is 0 Å². The summed E-state index contributed by atoms with van der Waals surface area (Å²) in [6.45, 7) is 7.15. The van der Waals surface area contributed by atoms with Crippen LogP contribution in [-0.4, -0.2) is 4.98 Å². The van der Waals surface area contributed by atoms with Crippen LogP contribution >= 0.6 is 0 Å². The summed E-state index contributed by atoms with van der Waals surface area (Å²) in [7, 11) is 0. The van der Waals surface area contributed by atoms with Gasteiger partial charge in [0, 0.05) is 17.2 Å². The standard InChI is InChI=1S/C17H19N/c1-16(2)13-9-10-17(16,3)14(12-13)7-8-15-6-4-5-11-18-15/h4-6,11-13H,9-10H2,1-3H3/t13?,17-/m1/s1. The average Bonchev–Trinajstić information content (AvgIpc) is 2.70. The monoisotopic (exact) mass is 237 g/mol. The first-order valence-electron chi connectivity index (χ1n) is 6.69. The minimum absolute atomic E-state index is 0.263. The molecule has 18 heavy (non-hydrogen) atoms. The van der Waals surface area contributed by atoms with E-state index in [1.165, 1.54) is 18.4 Å². The smallest absolute Gasteiger partial charge is 0.113 e. The highest BCUT2D eigenvalue weighted by atomic mass is 14.6. The number of rotatable bonds is 0. The Labute approximate surface area is 109 Å². The minimum Gasteiger partial charge on any atom is -0.248 e. The summed E-state index contributed by atoms with van der Waals surface area (Å²) in [4.78, 5) is 4.26. The summed E-state index contributed by atoms with van der Waals surface area (Å²) in [6, 6.07) is 5.87. The number of hydrogen-bond acceptors (Lipinski definition) is 1. The van der Waals surface area contributed by atoms with Crippen molar-refractivity contribution in [2.75, 3.05) is 0 Å². The Morgan fingerprint density at radius 2 is 2.06 bits per heavy atom. The van der Waals surface area contributed by atoms with Gasteiger partial charge in [-0.05, 0) is 42.2 Å². The van der Waals surface area contributed by atoms with Crippen LogP contribution in [0.15, 0.2) is 36.0 Å². The Morgan fingerprint density at radius 3 is 2.61 bits per heavy atom. The molecule has 0 amide bonds. The second-order valence-electron chi connectivity index (χ2n) is 6.24. The van der Waals surface area contributed by atoms with E-state index in [1.54, 1.807) is 6.20 Å². The number of nitrogens with zero attached hydrogens (tertiary/aromatic N) is 1. The Bertz CT molecular complexity index is 556. The molecule has 1 aromatic rings.